The van der Waals surface area contributed by atoms with Crippen molar-refractivity contribution in [2.24, 2.45) is 11.8 Å². The van der Waals surface area contributed by atoms with Gasteiger partial charge in [0.25, 0.3) is 5.56 Å². The normalized spacial score (nSPS) is 19.3. The molecule has 1 saturated heterocycles. The zero-order chi connectivity index (χ0) is 15.6. The third-order valence-corrected chi connectivity index (χ3v) is 3.84. The van der Waals surface area contributed by atoms with Crippen LogP contribution in [0.5, 0.6) is 0 Å². The summed E-state index contributed by atoms with van der Waals surface area (Å²) < 4.78 is 1.43. The molecular weight excluding hydrogens is 270 g/mol. The molecular formula is C14H25N5O2. The Morgan fingerprint density at radius 3 is 2.71 bits per heavy atom. The molecule has 1 aliphatic heterocycles. The van der Waals surface area contributed by atoms with Crippen LogP contribution in [-0.2, 0) is 6.54 Å². The third kappa shape index (κ3) is 3.66. The van der Waals surface area contributed by atoms with Crippen molar-refractivity contribution in [1.82, 2.24) is 14.5 Å². The minimum atomic E-state index is -0.447. The van der Waals surface area contributed by atoms with Crippen molar-refractivity contribution in [3.8, 4) is 0 Å². The van der Waals surface area contributed by atoms with Crippen molar-refractivity contribution in [3.63, 3.8) is 0 Å². The Kier molecular flexibility index (Phi) is 4.72. The lowest BCUT2D eigenvalue weighted by Crippen LogP contribution is -2.35. The lowest BCUT2D eigenvalue weighted by atomic mass is 10.1. The Balaban J connectivity index is 2.18. The minimum absolute atomic E-state index is 0.226. The van der Waals surface area contributed by atoms with Gasteiger partial charge in [0.15, 0.2) is 0 Å². The average molecular weight is 295 g/mol. The molecule has 0 aromatic carbocycles. The van der Waals surface area contributed by atoms with Crippen molar-refractivity contribution in [3.05, 3.63) is 20.8 Å². The standard InChI is InChI=1S/C14H25N5O2/c1-9(2)7-19-12(15)11(13(20)17-14(19)21)16-6-10-4-5-18(3)8-10/h9-10,16H,4-8,15H2,1-3H3,(H,17,20,21). The second kappa shape index (κ2) is 6.34. The van der Waals surface area contributed by atoms with E-state index in [9.17, 15) is 9.59 Å². The Labute approximate surface area is 124 Å². The zero-order valence-corrected chi connectivity index (χ0v) is 13.0. The maximum absolute atomic E-state index is 11.9. The predicted octanol–water partition coefficient (Wildman–Crippen LogP) is 0.138. The van der Waals surface area contributed by atoms with E-state index in [0.29, 0.717) is 24.7 Å². The van der Waals surface area contributed by atoms with Crippen molar-refractivity contribution in [2.45, 2.75) is 26.8 Å². The van der Waals surface area contributed by atoms with Gasteiger partial charge in [-0.25, -0.2) is 4.79 Å². The second-order valence-corrected chi connectivity index (χ2v) is 6.32. The van der Waals surface area contributed by atoms with E-state index in [1.807, 2.05) is 13.8 Å². The van der Waals surface area contributed by atoms with Crippen molar-refractivity contribution in [2.75, 3.05) is 37.7 Å². The number of likely N-dealkylation sites (tertiary alicyclic amines) is 1. The summed E-state index contributed by atoms with van der Waals surface area (Å²) in [5.74, 6) is 0.996. The van der Waals surface area contributed by atoms with Crippen LogP contribution in [0.15, 0.2) is 9.59 Å². The number of H-pyrrole nitrogens is 1. The number of rotatable bonds is 5. The molecule has 0 radical (unpaired) electrons. The van der Waals surface area contributed by atoms with Crippen LogP contribution >= 0.6 is 0 Å². The van der Waals surface area contributed by atoms with Gasteiger partial charge in [0.2, 0.25) is 0 Å². The molecule has 1 atom stereocenters. The van der Waals surface area contributed by atoms with E-state index in [0.717, 1.165) is 19.5 Å². The topological polar surface area (TPSA) is 96.2 Å². The quantitative estimate of drug-likeness (QED) is 0.718. The average Bonchev–Trinajstić information content (AvgIpc) is 2.80. The van der Waals surface area contributed by atoms with Gasteiger partial charge < -0.3 is 16.0 Å². The Hall–Kier alpha value is -1.76. The van der Waals surface area contributed by atoms with Crippen molar-refractivity contribution >= 4 is 11.5 Å². The molecule has 2 heterocycles. The number of nitrogens with two attached hydrogens (primary N) is 1. The van der Waals surface area contributed by atoms with Crippen LogP contribution in [-0.4, -0.2) is 41.1 Å². The van der Waals surface area contributed by atoms with E-state index in [-0.39, 0.29) is 11.7 Å². The van der Waals surface area contributed by atoms with Gasteiger partial charge in [-0.1, -0.05) is 13.8 Å². The lowest BCUT2D eigenvalue weighted by Gasteiger charge is -2.17. The molecule has 4 N–H and O–H groups in total. The summed E-state index contributed by atoms with van der Waals surface area (Å²) >= 11 is 0. The van der Waals surface area contributed by atoms with Gasteiger partial charge in [0, 0.05) is 19.6 Å². The number of nitrogens with one attached hydrogen (secondary N) is 2. The first-order valence-electron chi connectivity index (χ1n) is 7.43. The number of aromatic nitrogens is 2. The monoisotopic (exact) mass is 295 g/mol. The molecule has 1 aromatic heterocycles. The molecule has 0 bridgehead atoms. The Bertz CT molecular complexity index is 604. The summed E-state index contributed by atoms with van der Waals surface area (Å²) in [7, 11) is 2.09. The van der Waals surface area contributed by atoms with Crippen LogP contribution < -0.4 is 22.3 Å². The summed E-state index contributed by atoms with van der Waals surface area (Å²) in [6.07, 6.45) is 1.10. The number of aromatic amines is 1. The highest BCUT2D eigenvalue weighted by Gasteiger charge is 2.20. The smallest absolute Gasteiger partial charge is 0.330 e. The first-order valence-corrected chi connectivity index (χ1v) is 7.43. The molecule has 1 aromatic rings. The van der Waals surface area contributed by atoms with Crippen LogP contribution in [0.4, 0.5) is 11.5 Å². The SMILES string of the molecule is CC(C)Cn1c(N)c(NCC2CCN(C)C2)c(=O)[nH]c1=O. The van der Waals surface area contributed by atoms with Gasteiger partial charge in [0.1, 0.15) is 11.5 Å². The maximum Gasteiger partial charge on any atom is 0.330 e. The van der Waals surface area contributed by atoms with Crippen LogP contribution in [0, 0.1) is 11.8 Å². The predicted molar refractivity (Wildman–Crippen MR) is 84.7 cm³/mol. The van der Waals surface area contributed by atoms with Gasteiger partial charge >= 0.3 is 5.69 Å². The van der Waals surface area contributed by atoms with E-state index in [1.165, 1.54) is 4.57 Å². The molecule has 0 amide bonds. The van der Waals surface area contributed by atoms with E-state index in [1.54, 1.807) is 0 Å². The lowest BCUT2D eigenvalue weighted by molar-refractivity contribution is 0.399. The van der Waals surface area contributed by atoms with Gasteiger partial charge in [-0.05, 0) is 31.8 Å². The largest absolute Gasteiger partial charge is 0.383 e. The molecule has 7 nitrogen and oxygen atoms in total. The molecule has 7 heteroatoms. The number of hydrogen-bond acceptors (Lipinski definition) is 5. The fourth-order valence-corrected chi connectivity index (χ4v) is 2.74. The highest BCUT2D eigenvalue weighted by Crippen LogP contribution is 2.17. The Morgan fingerprint density at radius 1 is 1.43 bits per heavy atom. The van der Waals surface area contributed by atoms with E-state index in [4.69, 9.17) is 5.73 Å². The molecule has 118 valence electrons. The summed E-state index contributed by atoms with van der Waals surface area (Å²) in [6, 6.07) is 0. The van der Waals surface area contributed by atoms with Crippen LogP contribution in [0.2, 0.25) is 0 Å². The van der Waals surface area contributed by atoms with Gasteiger partial charge in [-0.15, -0.1) is 0 Å². The first-order chi connectivity index (χ1) is 9.88. The van der Waals surface area contributed by atoms with Crippen LogP contribution in [0.3, 0.4) is 0 Å². The summed E-state index contributed by atoms with van der Waals surface area (Å²) in [5.41, 5.74) is 5.44. The van der Waals surface area contributed by atoms with Gasteiger partial charge in [-0.2, -0.15) is 0 Å². The second-order valence-electron chi connectivity index (χ2n) is 6.32. The molecule has 0 aliphatic carbocycles. The van der Waals surface area contributed by atoms with Crippen LogP contribution in [0.1, 0.15) is 20.3 Å². The zero-order valence-electron chi connectivity index (χ0n) is 13.0. The Morgan fingerprint density at radius 2 is 2.14 bits per heavy atom. The van der Waals surface area contributed by atoms with E-state index in [2.05, 4.69) is 22.2 Å². The fourth-order valence-electron chi connectivity index (χ4n) is 2.74. The van der Waals surface area contributed by atoms with Gasteiger partial charge in [-0.3, -0.25) is 14.3 Å². The number of nitrogen functional groups attached to an aromatic ring is 1. The number of hydrogen-bond donors (Lipinski definition) is 3. The first kappa shape index (κ1) is 15.6. The fraction of sp³-hybridized carbons (Fsp3) is 0.714. The summed E-state index contributed by atoms with van der Waals surface area (Å²) in [6.45, 7) is 7.26. The van der Waals surface area contributed by atoms with Gasteiger partial charge in [0.05, 0.1) is 0 Å². The maximum atomic E-state index is 11.9. The molecule has 1 aliphatic rings. The highest BCUT2D eigenvalue weighted by atomic mass is 16.2. The summed E-state index contributed by atoms with van der Waals surface area (Å²) in [4.78, 5) is 28.4. The van der Waals surface area contributed by atoms with Crippen LogP contribution in [0.25, 0.3) is 0 Å². The molecule has 1 fully saturated rings. The number of nitrogens with zero attached hydrogens (tertiary/aromatic N) is 2. The molecule has 1 unspecified atom stereocenters. The molecule has 0 spiro atoms. The number of anilines is 2. The third-order valence-electron chi connectivity index (χ3n) is 3.84. The van der Waals surface area contributed by atoms with Crippen molar-refractivity contribution in [1.29, 1.82) is 0 Å². The summed E-state index contributed by atoms with van der Waals surface area (Å²) in [5, 5.41) is 3.13. The molecule has 21 heavy (non-hydrogen) atoms. The van der Waals surface area contributed by atoms with E-state index >= 15 is 0 Å². The van der Waals surface area contributed by atoms with E-state index < -0.39 is 11.2 Å². The molecule has 0 saturated carbocycles. The molecule has 2 rings (SSSR count). The minimum Gasteiger partial charge on any atom is -0.383 e. The van der Waals surface area contributed by atoms with Crippen molar-refractivity contribution < 1.29 is 0 Å². The highest BCUT2D eigenvalue weighted by molar-refractivity contribution is 5.60.